The minimum atomic E-state index is -1.14. The van der Waals surface area contributed by atoms with Crippen LogP contribution in [0.15, 0.2) is 36.9 Å². The van der Waals surface area contributed by atoms with Crippen molar-refractivity contribution in [3.63, 3.8) is 0 Å². The van der Waals surface area contributed by atoms with Crippen LogP contribution in [-0.4, -0.2) is 6.86 Å². The topological polar surface area (TPSA) is 33.0 Å². The van der Waals surface area contributed by atoms with E-state index in [0.29, 0.717) is 5.56 Å². The second-order valence-electron chi connectivity index (χ2n) is 2.23. The number of ether oxygens (including phenoxy) is 1. The van der Waals surface area contributed by atoms with Crippen LogP contribution in [0.1, 0.15) is 5.56 Å². The lowest BCUT2D eigenvalue weighted by Gasteiger charge is -1.88. The van der Waals surface area contributed by atoms with Crippen molar-refractivity contribution in [1.82, 2.24) is 0 Å². The third-order valence-corrected chi connectivity index (χ3v) is 1.18. The van der Waals surface area contributed by atoms with Gasteiger partial charge in [0, 0.05) is 0 Å². The lowest BCUT2D eigenvalue weighted by Crippen LogP contribution is -1.78. The first kappa shape index (κ1) is 13.0. The van der Waals surface area contributed by atoms with Gasteiger partial charge in [0.25, 0.3) is 6.01 Å². The van der Waals surface area contributed by atoms with E-state index in [2.05, 4.69) is 11.3 Å². The van der Waals surface area contributed by atoms with Gasteiger partial charge in [-0.3, -0.25) is 0 Å². The molecule has 0 aliphatic heterocycles. The molecular weight excluding hydrogens is 207 g/mol. The second-order valence-corrected chi connectivity index (χ2v) is 2.23. The summed E-state index contributed by atoms with van der Waals surface area (Å²) in [7, 11) is 0. The van der Waals surface area contributed by atoms with Crippen LogP contribution < -0.4 is 0 Å². The van der Waals surface area contributed by atoms with Crippen LogP contribution in [0.3, 0.4) is 0 Å². The molecule has 0 radical (unpaired) electrons. The van der Waals surface area contributed by atoms with Crippen molar-refractivity contribution in [1.29, 1.82) is 5.26 Å². The third-order valence-electron chi connectivity index (χ3n) is 1.18. The van der Waals surface area contributed by atoms with E-state index in [4.69, 9.17) is 5.26 Å². The first-order chi connectivity index (χ1) is 7.10. The number of nitrogens with zero attached hydrogens (tertiary/aromatic N) is 1. The van der Waals surface area contributed by atoms with Crippen LogP contribution in [0.25, 0.3) is 0 Å². The van der Waals surface area contributed by atoms with Gasteiger partial charge < -0.3 is 4.74 Å². The fourth-order valence-corrected chi connectivity index (χ4v) is 0.584. The van der Waals surface area contributed by atoms with Crippen molar-refractivity contribution in [2.45, 2.75) is 0 Å². The van der Waals surface area contributed by atoms with Crippen LogP contribution in [0.5, 0.6) is 0 Å². The lowest BCUT2D eigenvalue weighted by atomic mass is 10.2. The molecule has 0 saturated carbocycles. The first-order valence-electron chi connectivity index (χ1n) is 3.79. The summed E-state index contributed by atoms with van der Waals surface area (Å²) in [5, 5.41) is 8.26. The Morgan fingerprint density at radius 3 is 2.20 bits per heavy atom. The van der Waals surface area contributed by atoms with Gasteiger partial charge in [-0.05, 0) is 30.8 Å². The Kier molecular flexibility index (Phi) is 6.47. The fourth-order valence-electron chi connectivity index (χ4n) is 0.584. The Morgan fingerprint density at radius 2 is 1.93 bits per heavy atom. The van der Waals surface area contributed by atoms with Gasteiger partial charge in [0.2, 0.25) is 6.86 Å². The molecule has 0 aliphatic rings. The van der Waals surface area contributed by atoms with E-state index >= 15 is 0 Å². The van der Waals surface area contributed by atoms with Gasteiger partial charge in [-0.15, -0.1) is 0 Å². The summed E-state index contributed by atoms with van der Waals surface area (Å²) in [5.74, 6) is -0.311. The van der Waals surface area contributed by atoms with Crippen molar-refractivity contribution in [3.05, 3.63) is 48.2 Å². The Bertz CT molecular complexity index is 343. The van der Waals surface area contributed by atoms with Gasteiger partial charge in [-0.25, -0.2) is 8.78 Å². The van der Waals surface area contributed by atoms with Crippen molar-refractivity contribution < 1.29 is 17.9 Å². The van der Waals surface area contributed by atoms with Crippen LogP contribution in [0, 0.1) is 17.1 Å². The fraction of sp³-hybridized carbons (Fsp3) is 0.100. The molecule has 0 fully saturated rings. The molecule has 0 atom stereocenters. The molecule has 0 aliphatic carbocycles. The molecule has 0 unspecified atom stereocenters. The second kappa shape index (κ2) is 7.44. The Hall–Kier alpha value is -1.96. The number of hydrogen-bond donors (Lipinski definition) is 0. The van der Waals surface area contributed by atoms with Gasteiger partial charge >= 0.3 is 0 Å². The number of nitriles is 1. The quantitative estimate of drug-likeness (QED) is 0.710. The zero-order valence-corrected chi connectivity index (χ0v) is 7.71. The first-order valence-corrected chi connectivity index (χ1v) is 3.79. The molecule has 0 aromatic heterocycles. The third kappa shape index (κ3) is 7.14. The maximum Gasteiger partial charge on any atom is 0.267 e. The highest BCUT2D eigenvalue weighted by molar-refractivity contribution is 5.28. The van der Waals surface area contributed by atoms with Gasteiger partial charge in [-0.2, -0.15) is 9.65 Å². The van der Waals surface area contributed by atoms with Crippen LogP contribution in [-0.2, 0) is 4.74 Å². The highest BCUT2D eigenvalue weighted by Crippen LogP contribution is 1.99. The molecule has 2 nitrogen and oxygen atoms in total. The van der Waals surface area contributed by atoms with Gasteiger partial charge in [0.05, 0.1) is 11.6 Å². The highest BCUT2D eigenvalue weighted by Gasteiger charge is 1.87. The average molecular weight is 215 g/mol. The Morgan fingerprint density at radius 1 is 1.40 bits per heavy atom. The van der Waals surface area contributed by atoms with Crippen LogP contribution in [0.4, 0.5) is 13.2 Å². The van der Waals surface area contributed by atoms with Crippen molar-refractivity contribution >= 4 is 0 Å². The van der Waals surface area contributed by atoms with Crippen molar-refractivity contribution in [3.8, 4) is 6.07 Å². The summed E-state index contributed by atoms with van der Waals surface area (Å²) in [6.07, 6.45) is 0. The molecule has 1 aromatic carbocycles. The minimum Gasteiger partial charge on any atom is -0.439 e. The normalized spacial score (nSPS) is 8.13. The number of rotatable bonds is 2. The molecule has 0 spiro atoms. The van der Waals surface area contributed by atoms with E-state index in [1.165, 1.54) is 24.3 Å². The number of hydrogen-bond acceptors (Lipinski definition) is 2. The van der Waals surface area contributed by atoms with Crippen molar-refractivity contribution in [2.24, 2.45) is 0 Å². The largest absolute Gasteiger partial charge is 0.439 e. The summed E-state index contributed by atoms with van der Waals surface area (Å²) < 4.78 is 37.4. The summed E-state index contributed by atoms with van der Waals surface area (Å²) in [6.45, 7) is 1.47. The average Bonchev–Trinajstić information content (AvgIpc) is 2.20. The zero-order chi connectivity index (χ0) is 11.7. The molecule has 0 saturated heterocycles. The van der Waals surface area contributed by atoms with E-state index in [9.17, 15) is 13.2 Å². The number of halogens is 3. The predicted octanol–water partition coefficient (Wildman–Crippen LogP) is 3.07. The summed E-state index contributed by atoms with van der Waals surface area (Å²) in [4.78, 5) is 0. The predicted molar refractivity (Wildman–Crippen MR) is 48.4 cm³/mol. The Balaban J connectivity index is 0.000000288. The van der Waals surface area contributed by atoms with E-state index in [-0.39, 0.29) is 5.82 Å². The maximum absolute atomic E-state index is 12.1. The standard InChI is InChI=1S/C7H4FN.C3H4F2O/c8-7-3-1-6(5-9)2-4-7;1-3(5)6-2-4/h1-4H;1-2H2. The molecule has 1 rings (SSSR count). The maximum atomic E-state index is 12.1. The molecule has 80 valence electrons. The highest BCUT2D eigenvalue weighted by atomic mass is 19.2. The van der Waals surface area contributed by atoms with Crippen LogP contribution >= 0.6 is 0 Å². The summed E-state index contributed by atoms with van der Waals surface area (Å²) in [5.41, 5.74) is 0.483. The molecule has 5 heteroatoms. The van der Waals surface area contributed by atoms with E-state index in [1.54, 1.807) is 0 Å². The van der Waals surface area contributed by atoms with Gasteiger partial charge in [0.1, 0.15) is 5.82 Å². The zero-order valence-electron chi connectivity index (χ0n) is 7.71. The van der Waals surface area contributed by atoms with E-state index in [1.807, 2.05) is 6.07 Å². The number of benzene rings is 1. The van der Waals surface area contributed by atoms with Gasteiger partial charge in [0.15, 0.2) is 0 Å². The molecule has 1 aromatic rings. The lowest BCUT2D eigenvalue weighted by molar-refractivity contribution is 0.0736. The monoisotopic (exact) mass is 215 g/mol. The molecular formula is C10H8F3NO. The summed E-state index contributed by atoms with van der Waals surface area (Å²) in [6, 6.07) is 6.21. The SMILES string of the molecule is C=C(F)OCF.N#Cc1ccc(F)cc1. The molecule has 0 bridgehead atoms. The molecule has 0 N–H and O–H groups in total. The Labute approximate surface area is 85.2 Å². The molecule has 15 heavy (non-hydrogen) atoms. The van der Waals surface area contributed by atoms with E-state index < -0.39 is 12.9 Å². The molecule has 0 heterocycles. The minimum absolute atomic E-state index is 0.311. The smallest absolute Gasteiger partial charge is 0.267 e. The van der Waals surface area contributed by atoms with Crippen molar-refractivity contribution in [2.75, 3.05) is 6.86 Å². The van der Waals surface area contributed by atoms with E-state index in [0.717, 1.165) is 0 Å². The van der Waals surface area contributed by atoms with Gasteiger partial charge in [-0.1, -0.05) is 0 Å². The molecule has 0 amide bonds. The van der Waals surface area contributed by atoms with Crippen LogP contribution in [0.2, 0.25) is 0 Å². The summed E-state index contributed by atoms with van der Waals surface area (Å²) >= 11 is 0. The number of alkyl halides is 1.